The Labute approximate surface area is 121 Å². The monoisotopic (exact) mass is 294 g/mol. The molecule has 100 valence electrons. The molecule has 0 aliphatic heterocycles. The number of amides is 1. The maximum atomic E-state index is 12.2. The average Bonchev–Trinajstić information content (AvgIpc) is 2.88. The van der Waals surface area contributed by atoms with E-state index in [2.05, 4.69) is 24.1 Å². The molecular formula is C14H15ClN2OS. The SMILES string of the molecule is CC(C)[C@@H](NC(=O)c1ccnc(Cl)c1)c1cccs1. The molecule has 0 saturated heterocycles. The third kappa shape index (κ3) is 3.55. The van der Waals surface area contributed by atoms with Crippen LogP contribution < -0.4 is 5.32 Å². The third-order valence-electron chi connectivity index (χ3n) is 2.79. The fourth-order valence-electron chi connectivity index (χ4n) is 1.80. The van der Waals surface area contributed by atoms with Crippen molar-refractivity contribution in [2.75, 3.05) is 0 Å². The van der Waals surface area contributed by atoms with E-state index in [1.807, 2.05) is 17.5 Å². The summed E-state index contributed by atoms with van der Waals surface area (Å²) in [5.74, 6) is 0.191. The predicted molar refractivity (Wildman–Crippen MR) is 78.6 cm³/mol. The molecule has 1 atom stereocenters. The van der Waals surface area contributed by atoms with E-state index in [1.165, 1.54) is 6.20 Å². The highest BCUT2D eigenvalue weighted by Gasteiger charge is 2.20. The summed E-state index contributed by atoms with van der Waals surface area (Å²) < 4.78 is 0. The first-order chi connectivity index (χ1) is 9.08. The Kier molecular flexibility index (Phi) is 4.56. The van der Waals surface area contributed by atoms with Crippen LogP contribution in [0.5, 0.6) is 0 Å². The highest BCUT2D eigenvalue weighted by molar-refractivity contribution is 7.10. The topological polar surface area (TPSA) is 42.0 Å². The van der Waals surface area contributed by atoms with Crippen molar-refractivity contribution in [3.63, 3.8) is 0 Å². The summed E-state index contributed by atoms with van der Waals surface area (Å²) in [6, 6.07) is 7.27. The molecular weight excluding hydrogens is 280 g/mol. The first-order valence-corrected chi connectivity index (χ1v) is 7.29. The second-order valence-corrected chi connectivity index (χ2v) is 5.94. The minimum atomic E-state index is -0.128. The van der Waals surface area contributed by atoms with Crippen LogP contribution in [0.1, 0.15) is 35.1 Å². The van der Waals surface area contributed by atoms with Crippen LogP contribution in [0.3, 0.4) is 0 Å². The van der Waals surface area contributed by atoms with Crippen molar-refractivity contribution in [2.24, 2.45) is 5.92 Å². The number of halogens is 1. The number of nitrogens with one attached hydrogen (secondary N) is 1. The largest absolute Gasteiger partial charge is 0.344 e. The molecule has 0 aromatic carbocycles. The van der Waals surface area contributed by atoms with Gasteiger partial charge in [0.25, 0.3) is 5.91 Å². The highest BCUT2D eigenvalue weighted by atomic mass is 35.5. The summed E-state index contributed by atoms with van der Waals surface area (Å²) in [6.45, 7) is 4.17. The number of nitrogens with zero attached hydrogens (tertiary/aromatic N) is 1. The van der Waals surface area contributed by atoms with E-state index in [4.69, 9.17) is 11.6 Å². The molecule has 2 heterocycles. The van der Waals surface area contributed by atoms with E-state index >= 15 is 0 Å². The number of carbonyl (C=O) groups excluding carboxylic acids is 1. The smallest absolute Gasteiger partial charge is 0.251 e. The van der Waals surface area contributed by atoms with Crippen LogP contribution in [0.15, 0.2) is 35.8 Å². The molecule has 5 heteroatoms. The van der Waals surface area contributed by atoms with Crippen LogP contribution in [-0.2, 0) is 0 Å². The highest BCUT2D eigenvalue weighted by Crippen LogP contribution is 2.26. The molecule has 0 fully saturated rings. The lowest BCUT2D eigenvalue weighted by atomic mass is 10.0. The maximum Gasteiger partial charge on any atom is 0.251 e. The zero-order chi connectivity index (χ0) is 13.8. The van der Waals surface area contributed by atoms with Crippen molar-refractivity contribution in [3.8, 4) is 0 Å². The Morgan fingerprint density at radius 1 is 1.42 bits per heavy atom. The summed E-state index contributed by atoms with van der Waals surface area (Å²) >= 11 is 7.45. The number of carbonyl (C=O) groups is 1. The van der Waals surface area contributed by atoms with E-state index in [0.29, 0.717) is 16.6 Å². The molecule has 0 aliphatic carbocycles. The predicted octanol–water partition coefficient (Wildman–Crippen LogP) is 3.92. The summed E-state index contributed by atoms with van der Waals surface area (Å²) in [5, 5.41) is 5.39. The zero-order valence-electron chi connectivity index (χ0n) is 10.8. The number of rotatable bonds is 4. The van der Waals surface area contributed by atoms with Gasteiger partial charge in [-0.1, -0.05) is 31.5 Å². The van der Waals surface area contributed by atoms with Crippen molar-refractivity contribution < 1.29 is 4.79 Å². The lowest BCUT2D eigenvalue weighted by molar-refractivity contribution is 0.0926. The van der Waals surface area contributed by atoms with Crippen LogP contribution >= 0.6 is 22.9 Å². The Hall–Kier alpha value is -1.39. The number of thiophene rings is 1. The molecule has 1 amide bonds. The van der Waals surface area contributed by atoms with Gasteiger partial charge in [0.1, 0.15) is 5.15 Å². The Morgan fingerprint density at radius 3 is 2.79 bits per heavy atom. The molecule has 0 spiro atoms. The number of hydrogen-bond donors (Lipinski definition) is 1. The minimum Gasteiger partial charge on any atom is -0.344 e. The van der Waals surface area contributed by atoms with Gasteiger partial charge < -0.3 is 5.32 Å². The van der Waals surface area contributed by atoms with Gasteiger partial charge in [-0.2, -0.15) is 0 Å². The fraction of sp³-hybridized carbons (Fsp3) is 0.286. The Bertz CT molecular complexity index is 554. The van der Waals surface area contributed by atoms with Crippen molar-refractivity contribution in [2.45, 2.75) is 19.9 Å². The van der Waals surface area contributed by atoms with Crippen LogP contribution in [0, 0.1) is 5.92 Å². The summed E-state index contributed by atoms with van der Waals surface area (Å²) in [5.41, 5.74) is 0.530. The van der Waals surface area contributed by atoms with Gasteiger partial charge in [-0.25, -0.2) is 4.98 Å². The molecule has 0 unspecified atom stereocenters. The van der Waals surface area contributed by atoms with Gasteiger partial charge in [0.15, 0.2) is 0 Å². The second kappa shape index (κ2) is 6.17. The zero-order valence-corrected chi connectivity index (χ0v) is 12.3. The molecule has 0 saturated carbocycles. The van der Waals surface area contributed by atoms with Gasteiger partial charge in [0, 0.05) is 16.6 Å². The van der Waals surface area contributed by atoms with Crippen molar-refractivity contribution >= 4 is 28.8 Å². The van der Waals surface area contributed by atoms with E-state index in [9.17, 15) is 4.79 Å². The van der Waals surface area contributed by atoms with Crippen molar-refractivity contribution in [3.05, 3.63) is 51.4 Å². The normalized spacial score (nSPS) is 12.4. The molecule has 2 aromatic heterocycles. The van der Waals surface area contributed by atoms with E-state index < -0.39 is 0 Å². The number of pyridine rings is 1. The molecule has 2 aromatic rings. The van der Waals surface area contributed by atoms with Gasteiger partial charge in [0.05, 0.1) is 6.04 Å². The Balaban J connectivity index is 2.16. The summed E-state index contributed by atoms with van der Waals surface area (Å²) in [7, 11) is 0. The second-order valence-electron chi connectivity index (χ2n) is 4.58. The molecule has 0 bridgehead atoms. The summed E-state index contributed by atoms with van der Waals surface area (Å²) in [4.78, 5) is 17.2. The van der Waals surface area contributed by atoms with E-state index in [-0.39, 0.29) is 11.9 Å². The lowest BCUT2D eigenvalue weighted by Gasteiger charge is -2.21. The van der Waals surface area contributed by atoms with Gasteiger partial charge in [-0.3, -0.25) is 4.79 Å². The molecule has 2 rings (SSSR count). The van der Waals surface area contributed by atoms with Gasteiger partial charge in [-0.05, 0) is 29.5 Å². The van der Waals surface area contributed by atoms with Crippen LogP contribution in [0.2, 0.25) is 5.15 Å². The molecule has 0 aliphatic rings. The van der Waals surface area contributed by atoms with Crippen LogP contribution in [0.4, 0.5) is 0 Å². The minimum absolute atomic E-state index is 0.0134. The lowest BCUT2D eigenvalue weighted by Crippen LogP contribution is -2.31. The maximum absolute atomic E-state index is 12.2. The molecule has 3 nitrogen and oxygen atoms in total. The van der Waals surface area contributed by atoms with Gasteiger partial charge in [-0.15, -0.1) is 11.3 Å². The average molecular weight is 295 g/mol. The number of aromatic nitrogens is 1. The molecule has 1 N–H and O–H groups in total. The first kappa shape index (κ1) is 14.0. The molecule has 0 radical (unpaired) electrons. The van der Waals surface area contributed by atoms with Gasteiger partial charge >= 0.3 is 0 Å². The van der Waals surface area contributed by atoms with Gasteiger partial charge in [0.2, 0.25) is 0 Å². The van der Waals surface area contributed by atoms with Crippen molar-refractivity contribution in [1.29, 1.82) is 0 Å². The Morgan fingerprint density at radius 2 is 2.21 bits per heavy atom. The van der Waals surface area contributed by atoms with E-state index in [0.717, 1.165) is 4.88 Å². The van der Waals surface area contributed by atoms with E-state index in [1.54, 1.807) is 23.5 Å². The quantitative estimate of drug-likeness (QED) is 0.868. The number of hydrogen-bond acceptors (Lipinski definition) is 3. The third-order valence-corrected chi connectivity index (χ3v) is 3.95. The van der Waals surface area contributed by atoms with Crippen molar-refractivity contribution in [1.82, 2.24) is 10.3 Å². The van der Waals surface area contributed by atoms with Crippen LogP contribution in [-0.4, -0.2) is 10.9 Å². The first-order valence-electron chi connectivity index (χ1n) is 6.03. The standard InChI is InChI=1S/C14H15ClN2OS/c1-9(2)13(11-4-3-7-19-11)17-14(18)10-5-6-16-12(15)8-10/h3-9,13H,1-2H3,(H,17,18)/t13-/m1/s1. The summed E-state index contributed by atoms with van der Waals surface area (Å²) in [6.07, 6.45) is 1.53. The fourth-order valence-corrected chi connectivity index (χ4v) is 2.93. The molecule has 19 heavy (non-hydrogen) atoms. The van der Waals surface area contributed by atoms with Crippen LogP contribution in [0.25, 0.3) is 0 Å².